The fraction of sp³-hybridized carbons (Fsp3) is 0.438. The first kappa shape index (κ1) is 15.2. The molecule has 0 saturated heterocycles. The van der Waals surface area contributed by atoms with Crippen LogP contribution in [0.1, 0.15) is 25.8 Å². The van der Waals surface area contributed by atoms with Crippen LogP contribution in [0.15, 0.2) is 30.5 Å². The number of aliphatic hydroxyl groups excluding tert-OH is 1. The van der Waals surface area contributed by atoms with E-state index in [0.29, 0.717) is 12.0 Å². The van der Waals surface area contributed by atoms with E-state index in [2.05, 4.69) is 24.1 Å². The van der Waals surface area contributed by atoms with Crippen molar-refractivity contribution in [1.82, 2.24) is 10.3 Å². The number of benzene rings is 1. The van der Waals surface area contributed by atoms with Crippen LogP contribution < -0.4 is 5.32 Å². The Morgan fingerprint density at radius 2 is 2.10 bits per heavy atom. The third kappa shape index (κ3) is 3.48. The summed E-state index contributed by atoms with van der Waals surface area (Å²) in [5.41, 5.74) is 2.08. The molecule has 2 aromatic rings. The van der Waals surface area contributed by atoms with Crippen LogP contribution in [-0.4, -0.2) is 22.7 Å². The monoisotopic (exact) mass is 292 g/mol. The average Bonchev–Trinajstić information content (AvgIpc) is 2.45. The van der Waals surface area contributed by atoms with Crippen LogP contribution in [0.5, 0.6) is 0 Å². The van der Waals surface area contributed by atoms with E-state index in [0.717, 1.165) is 34.5 Å². The molecule has 3 nitrogen and oxygen atoms in total. The molecule has 0 aliphatic carbocycles. The van der Waals surface area contributed by atoms with Crippen LogP contribution in [-0.2, 0) is 6.54 Å². The molecule has 0 spiro atoms. The second-order valence-corrected chi connectivity index (χ2v) is 5.76. The molecule has 20 heavy (non-hydrogen) atoms. The number of fused-ring (bicyclic) bond motifs is 1. The van der Waals surface area contributed by atoms with Gasteiger partial charge in [-0.15, -0.1) is 0 Å². The highest BCUT2D eigenvalue weighted by molar-refractivity contribution is 6.35. The van der Waals surface area contributed by atoms with Crippen molar-refractivity contribution in [1.29, 1.82) is 0 Å². The molecule has 0 fully saturated rings. The quantitative estimate of drug-likeness (QED) is 0.858. The Bertz CT molecular complexity index is 571. The molecule has 2 N–H and O–H groups in total. The van der Waals surface area contributed by atoms with E-state index in [1.807, 2.05) is 24.3 Å². The molecule has 1 aromatic carbocycles. The minimum absolute atomic E-state index is 0.204. The van der Waals surface area contributed by atoms with Gasteiger partial charge in [-0.2, -0.15) is 0 Å². The summed E-state index contributed by atoms with van der Waals surface area (Å²) in [5, 5.41) is 14.3. The number of nitrogens with zero attached hydrogens (tertiary/aromatic N) is 1. The highest BCUT2D eigenvalue weighted by Gasteiger charge is 2.13. The van der Waals surface area contributed by atoms with E-state index in [4.69, 9.17) is 16.7 Å². The molecule has 0 aliphatic heterocycles. The molecule has 0 bridgehead atoms. The van der Waals surface area contributed by atoms with Gasteiger partial charge in [0.2, 0.25) is 0 Å². The predicted molar refractivity (Wildman–Crippen MR) is 83.9 cm³/mol. The molecule has 2 rings (SSSR count). The lowest BCUT2D eigenvalue weighted by Gasteiger charge is -2.22. The van der Waals surface area contributed by atoms with Crippen LogP contribution in [0.4, 0.5) is 0 Å². The Morgan fingerprint density at radius 3 is 2.80 bits per heavy atom. The molecule has 108 valence electrons. The molecular formula is C16H21ClN2O. The van der Waals surface area contributed by atoms with Gasteiger partial charge in [0.15, 0.2) is 0 Å². The van der Waals surface area contributed by atoms with Gasteiger partial charge in [-0.1, -0.05) is 31.5 Å². The number of pyridine rings is 1. The third-order valence-electron chi connectivity index (χ3n) is 3.60. The van der Waals surface area contributed by atoms with Crippen LogP contribution in [0.25, 0.3) is 10.9 Å². The summed E-state index contributed by atoms with van der Waals surface area (Å²) in [6, 6.07) is 8.12. The first-order chi connectivity index (χ1) is 9.63. The second-order valence-electron chi connectivity index (χ2n) is 5.35. The molecule has 1 heterocycles. The van der Waals surface area contributed by atoms with E-state index in [1.54, 1.807) is 6.20 Å². The van der Waals surface area contributed by atoms with Gasteiger partial charge in [-0.05, 0) is 36.1 Å². The molecule has 1 atom stereocenters. The smallest absolute Gasteiger partial charge is 0.0761 e. The first-order valence-corrected chi connectivity index (χ1v) is 7.37. The minimum Gasteiger partial charge on any atom is -0.396 e. The summed E-state index contributed by atoms with van der Waals surface area (Å²) in [7, 11) is 0. The molecule has 1 aromatic heterocycles. The lowest BCUT2D eigenvalue weighted by Crippen LogP contribution is -2.34. The van der Waals surface area contributed by atoms with Crippen molar-refractivity contribution >= 4 is 22.5 Å². The van der Waals surface area contributed by atoms with E-state index in [9.17, 15) is 0 Å². The summed E-state index contributed by atoms with van der Waals surface area (Å²) in [6.45, 7) is 5.25. The highest BCUT2D eigenvalue weighted by atomic mass is 35.5. The van der Waals surface area contributed by atoms with Crippen molar-refractivity contribution in [2.45, 2.75) is 32.9 Å². The van der Waals surface area contributed by atoms with E-state index in [1.165, 1.54) is 0 Å². The van der Waals surface area contributed by atoms with Crippen LogP contribution in [0.2, 0.25) is 5.02 Å². The normalized spacial score (nSPS) is 13.1. The average molecular weight is 293 g/mol. The Labute approximate surface area is 125 Å². The summed E-state index contributed by atoms with van der Waals surface area (Å²) in [6.07, 6.45) is 2.55. The van der Waals surface area contributed by atoms with Gasteiger partial charge in [-0.25, -0.2) is 0 Å². The molecule has 0 aliphatic rings. The third-order valence-corrected chi connectivity index (χ3v) is 3.93. The number of hydrogen-bond acceptors (Lipinski definition) is 3. The maximum Gasteiger partial charge on any atom is 0.0761 e. The fourth-order valence-electron chi connectivity index (χ4n) is 2.39. The highest BCUT2D eigenvalue weighted by Crippen LogP contribution is 2.24. The number of halogens is 1. The molecule has 0 radical (unpaired) electrons. The summed E-state index contributed by atoms with van der Waals surface area (Å²) in [4.78, 5) is 4.44. The lowest BCUT2D eigenvalue weighted by atomic mass is 10.0. The Hall–Kier alpha value is -1.16. The Kier molecular flexibility index (Phi) is 5.35. The number of nitrogens with one attached hydrogen (secondary N) is 1. The van der Waals surface area contributed by atoms with Crippen molar-refractivity contribution in [2.24, 2.45) is 5.92 Å². The zero-order chi connectivity index (χ0) is 14.5. The molecule has 0 saturated carbocycles. The Balaban J connectivity index is 2.19. The Morgan fingerprint density at radius 1 is 1.30 bits per heavy atom. The van der Waals surface area contributed by atoms with Gasteiger partial charge in [-0.3, -0.25) is 4.98 Å². The van der Waals surface area contributed by atoms with Crippen LogP contribution >= 0.6 is 11.6 Å². The van der Waals surface area contributed by atoms with Crippen LogP contribution in [0, 0.1) is 5.92 Å². The summed E-state index contributed by atoms with van der Waals surface area (Å²) >= 11 is 6.20. The topological polar surface area (TPSA) is 45.1 Å². The van der Waals surface area contributed by atoms with Crippen molar-refractivity contribution in [3.05, 3.63) is 41.0 Å². The largest absolute Gasteiger partial charge is 0.396 e. The van der Waals surface area contributed by atoms with Crippen molar-refractivity contribution in [3.63, 3.8) is 0 Å². The lowest BCUT2D eigenvalue weighted by molar-refractivity contribution is 0.244. The molecule has 1 unspecified atom stereocenters. The van der Waals surface area contributed by atoms with Crippen LogP contribution in [0.3, 0.4) is 0 Å². The summed E-state index contributed by atoms with van der Waals surface area (Å²) < 4.78 is 0. The van der Waals surface area contributed by atoms with Gasteiger partial charge in [0.25, 0.3) is 0 Å². The number of hydrogen-bond donors (Lipinski definition) is 2. The number of aliphatic hydroxyl groups is 1. The van der Waals surface area contributed by atoms with Gasteiger partial charge in [0, 0.05) is 35.8 Å². The standard InChI is InChI=1S/C16H21ClN2O/c1-11(2)15(7-9-20)19-10-12-5-6-14(17)13-4-3-8-18-16(12)13/h3-6,8,11,15,19-20H,7,9-10H2,1-2H3. The van der Waals surface area contributed by atoms with Gasteiger partial charge < -0.3 is 10.4 Å². The maximum atomic E-state index is 9.12. The zero-order valence-corrected chi connectivity index (χ0v) is 12.7. The van der Waals surface area contributed by atoms with Crippen molar-refractivity contribution in [2.75, 3.05) is 6.61 Å². The predicted octanol–water partition coefficient (Wildman–Crippen LogP) is 3.38. The van der Waals surface area contributed by atoms with Crippen molar-refractivity contribution in [3.8, 4) is 0 Å². The number of rotatable bonds is 6. The first-order valence-electron chi connectivity index (χ1n) is 7.00. The number of aromatic nitrogens is 1. The molecule has 4 heteroatoms. The summed E-state index contributed by atoms with van der Waals surface area (Å²) in [5.74, 6) is 0.480. The maximum absolute atomic E-state index is 9.12. The van der Waals surface area contributed by atoms with Crippen molar-refractivity contribution < 1.29 is 5.11 Å². The minimum atomic E-state index is 0.204. The zero-order valence-electron chi connectivity index (χ0n) is 11.9. The molecular weight excluding hydrogens is 272 g/mol. The van der Waals surface area contributed by atoms with E-state index < -0.39 is 0 Å². The fourth-order valence-corrected chi connectivity index (χ4v) is 2.61. The van der Waals surface area contributed by atoms with E-state index in [-0.39, 0.29) is 6.61 Å². The second kappa shape index (κ2) is 7.02. The van der Waals surface area contributed by atoms with Gasteiger partial charge in [0.1, 0.15) is 0 Å². The SMILES string of the molecule is CC(C)C(CCO)NCc1ccc(Cl)c2cccnc12. The van der Waals surface area contributed by atoms with Gasteiger partial charge >= 0.3 is 0 Å². The molecule has 0 amide bonds. The van der Waals surface area contributed by atoms with Gasteiger partial charge in [0.05, 0.1) is 5.52 Å². The van der Waals surface area contributed by atoms with E-state index >= 15 is 0 Å².